The van der Waals surface area contributed by atoms with Gasteiger partial charge in [-0.15, -0.1) is 0 Å². The van der Waals surface area contributed by atoms with Gasteiger partial charge in [-0.25, -0.2) is 0 Å². The summed E-state index contributed by atoms with van der Waals surface area (Å²) in [6, 6.07) is 6.23. The number of carbonyl (C=O) groups is 1. The molecule has 1 aliphatic heterocycles. The van der Waals surface area contributed by atoms with Gasteiger partial charge in [-0.2, -0.15) is 0 Å². The Balaban J connectivity index is 2.42. The first-order chi connectivity index (χ1) is 7.63. The molecule has 0 bridgehead atoms. The van der Waals surface area contributed by atoms with Gasteiger partial charge in [0.25, 0.3) is 0 Å². The second kappa shape index (κ2) is 4.26. The van der Waals surface area contributed by atoms with E-state index in [0.29, 0.717) is 6.42 Å². The molecule has 1 aliphatic rings. The summed E-state index contributed by atoms with van der Waals surface area (Å²) >= 11 is 0. The summed E-state index contributed by atoms with van der Waals surface area (Å²) in [5.41, 5.74) is 9.31. The maximum absolute atomic E-state index is 11.7. The van der Waals surface area contributed by atoms with Crippen LogP contribution in [0.4, 0.5) is 5.69 Å². The minimum Gasteiger partial charge on any atom is -0.324 e. The number of amides is 1. The smallest absolute Gasteiger partial charge is 0.227 e. The monoisotopic (exact) mass is 218 g/mol. The Hall–Kier alpha value is -1.35. The lowest BCUT2D eigenvalue weighted by Gasteiger charge is -2.29. The fourth-order valence-corrected chi connectivity index (χ4v) is 2.21. The Bertz CT molecular complexity index is 412. The van der Waals surface area contributed by atoms with Crippen molar-refractivity contribution < 1.29 is 4.79 Å². The van der Waals surface area contributed by atoms with Crippen molar-refractivity contribution in [2.24, 2.45) is 5.73 Å². The number of nitrogens with zero attached hydrogens (tertiary/aromatic N) is 1. The molecule has 0 aromatic heterocycles. The molecular weight excluding hydrogens is 200 g/mol. The number of nitrogens with two attached hydrogens (primary N) is 1. The number of benzene rings is 1. The molecule has 0 spiro atoms. The molecule has 0 aliphatic carbocycles. The molecule has 1 aromatic rings. The summed E-state index contributed by atoms with van der Waals surface area (Å²) in [5.74, 6) is 0.226. The molecule has 1 atom stereocenters. The van der Waals surface area contributed by atoms with Gasteiger partial charge >= 0.3 is 0 Å². The Morgan fingerprint density at radius 2 is 2.19 bits per heavy atom. The molecule has 0 fully saturated rings. The van der Waals surface area contributed by atoms with Crippen LogP contribution in [0.5, 0.6) is 0 Å². The summed E-state index contributed by atoms with van der Waals surface area (Å²) in [6.45, 7) is 4.73. The van der Waals surface area contributed by atoms with E-state index in [4.69, 9.17) is 5.73 Å². The van der Waals surface area contributed by atoms with Crippen molar-refractivity contribution in [3.8, 4) is 0 Å². The van der Waals surface area contributed by atoms with Crippen molar-refractivity contribution >= 4 is 11.6 Å². The van der Waals surface area contributed by atoms with Crippen LogP contribution >= 0.6 is 0 Å². The van der Waals surface area contributed by atoms with Crippen molar-refractivity contribution in [2.75, 3.05) is 11.4 Å². The summed E-state index contributed by atoms with van der Waals surface area (Å²) in [7, 11) is 0. The highest BCUT2D eigenvalue weighted by Gasteiger charge is 2.22. The Morgan fingerprint density at radius 1 is 1.44 bits per heavy atom. The molecular formula is C13H18N2O. The van der Waals surface area contributed by atoms with Gasteiger partial charge in [0.05, 0.1) is 0 Å². The van der Waals surface area contributed by atoms with Crippen LogP contribution in [0.25, 0.3) is 0 Å². The van der Waals surface area contributed by atoms with Crippen LogP contribution < -0.4 is 10.6 Å². The summed E-state index contributed by atoms with van der Waals surface area (Å²) in [5, 5.41) is 0. The normalized spacial score (nSPS) is 17.2. The predicted molar refractivity (Wildman–Crippen MR) is 65.4 cm³/mol. The summed E-state index contributed by atoms with van der Waals surface area (Å²) in [6.07, 6.45) is 1.45. The number of hydrogen-bond acceptors (Lipinski definition) is 2. The standard InChI is InChI=1S/C13H18N2O/c1-3-15-12-6-4-10(9(2)14)8-11(12)5-7-13(15)16/h4,6,8-9H,3,5,7,14H2,1-2H3. The molecule has 2 N–H and O–H groups in total. The van der Waals surface area contributed by atoms with Crippen molar-refractivity contribution in [1.29, 1.82) is 0 Å². The average Bonchev–Trinajstić information content (AvgIpc) is 2.28. The lowest BCUT2D eigenvalue weighted by atomic mass is 9.97. The topological polar surface area (TPSA) is 46.3 Å². The molecule has 1 unspecified atom stereocenters. The number of fused-ring (bicyclic) bond motifs is 1. The second-order valence-corrected chi connectivity index (χ2v) is 4.31. The van der Waals surface area contributed by atoms with Crippen LogP contribution in [0.15, 0.2) is 18.2 Å². The van der Waals surface area contributed by atoms with Crippen molar-refractivity contribution in [1.82, 2.24) is 0 Å². The first-order valence-electron chi connectivity index (χ1n) is 5.82. The van der Waals surface area contributed by atoms with Crippen molar-refractivity contribution in [3.05, 3.63) is 29.3 Å². The molecule has 2 rings (SSSR count). The van der Waals surface area contributed by atoms with E-state index in [0.717, 1.165) is 24.2 Å². The van der Waals surface area contributed by atoms with Gasteiger partial charge in [-0.05, 0) is 37.5 Å². The molecule has 0 saturated carbocycles. The highest BCUT2D eigenvalue weighted by Crippen LogP contribution is 2.29. The molecule has 16 heavy (non-hydrogen) atoms. The van der Waals surface area contributed by atoms with Gasteiger partial charge in [0.2, 0.25) is 5.91 Å². The number of carbonyl (C=O) groups excluding carboxylic acids is 1. The molecule has 3 nitrogen and oxygen atoms in total. The van der Waals surface area contributed by atoms with Gasteiger partial charge in [0, 0.05) is 24.7 Å². The zero-order valence-corrected chi connectivity index (χ0v) is 9.86. The van der Waals surface area contributed by atoms with E-state index in [1.54, 1.807) is 0 Å². The lowest BCUT2D eigenvalue weighted by molar-refractivity contribution is -0.118. The third-order valence-corrected chi connectivity index (χ3v) is 3.15. The van der Waals surface area contributed by atoms with E-state index >= 15 is 0 Å². The maximum atomic E-state index is 11.7. The lowest BCUT2D eigenvalue weighted by Crippen LogP contribution is -2.34. The maximum Gasteiger partial charge on any atom is 0.227 e. The van der Waals surface area contributed by atoms with Gasteiger partial charge in [0.15, 0.2) is 0 Å². The van der Waals surface area contributed by atoms with Crippen LogP contribution in [0.3, 0.4) is 0 Å². The Kier molecular flexibility index (Phi) is 2.97. The minimum atomic E-state index is 0.0537. The summed E-state index contributed by atoms with van der Waals surface area (Å²) < 4.78 is 0. The first-order valence-corrected chi connectivity index (χ1v) is 5.82. The van der Waals surface area contributed by atoms with E-state index in [-0.39, 0.29) is 11.9 Å². The number of anilines is 1. The third kappa shape index (κ3) is 1.83. The summed E-state index contributed by atoms with van der Waals surface area (Å²) in [4.78, 5) is 13.6. The SMILES string of the molecule is CCN1C(=O)CCc2cc(C(C)N)ccc21. The molecule has 1 heterocycles. The molecule has 1 aromatic carbocycles. The van der Waals surface area contributed by atoms with E-state index in [1.165, 1.54) is 5.56 Å². The molecule has 3 heteroatoms. The average molecular weight is 218 g/mol. The van der Waals surface area contributed by atoms with Gasteiger partial charge < -0.3 is 10.6 Å². The second-order valence-electron chi connectivity index (χ2n) is 4.31. The van der Waals surface area contributed by atoms with Gasteiger partial charge in [0.1, 0.15) is 0 Å². The van der Waals surface area contributed by atoms with E-state index in [9.17, 15) is 4.79 Å². The highest BCUT2D eigenvalue weighted by molar-refractivity contribution is 5.96. The van der Waals surface area contributed by atoms with E-state index in [2.05, 4.69) is 6.07 Å². The molecule has 1 amide bonds. The predicted octanol–water partition coefficient (Wildman–Crippen LogP) is 2.01. The largest absolute Gasteiger partial charge is 0.324 e. The quantitative estimate of drug-likeness (QED) is 0.825. The number of hydrogen-bond donors (Lipinski definition) is 1. The zero-order chi connectivity index (χ0) is 11.7. The van der Waals surface area contributed by atoms with Crippen LogP contribution in [0.2, 0.25) is 0 Å². The Morgan fingerprint density at radius 3 is 2.81 bits per heavy atom. The fourth-order valence-electron chi connectivity index (χ4n) is 2.21. The molecule has 0 saturated heterocycles. The van der Waals surface area contributed by atoms with Crippen LogP contribution in [-0.4, -0.2) is 12.5 Å². The van der Waals surface area contributed by atoms with E-state index < -0.39 is 0 Å². The van der Waals surface area contributed by atoms with Crippen LogP contribution in [0.1, 0.15) is 37.4 Å². The van der Waals surface area contributed by atoms with Crippen molar-refractivity contribution in [2.45, 2.75) is 32.7 Å². The van der Waals surface area contributed by atoms with Crippen LogP contribution in [0, 0.1) is 0 Å². The number of rotatable bonds is 2. The van der Waals surface area contributed by atoms with Gasteiger partial charge in [-0.3, -0.25) is 4.79 Å². The number of aryl methyl sites for hydroxylation is 1. The molecule has 86 valence electrons. The first kappa shape index (κ1) is 11.1. The van der Waals surface area contributed by atoms with Crippen LogP contribution in [-0.2, 0) is 11.2 Å². The van der Waals surface area contributed by atoms with Gasteiger partial charge in [-0.1, -0.05) is 12.1 Å². The highest BCUT2D eigenvalue weighted by atomic mass is 16.2. The minimum absolute atomic E-state index is 0.0537. The zero-order valence-electron chi connectivity index (χ0n) is 9.86. The van der Waals surface area contributed by atoms with E-state index in [1.807, 2.05) is 30.9 Å². The van der Waals surface area contributed by atoms with Crippen molar-refractivity contribution in [3.63, 3.8) is 0 Å². The Labute approximate surface area is 96.2 Å². The fraction of sp³-hybridized carbons (Fsp3) is 0.462. The molecule has 0 radical (unpaired) electrons. The third-order valence-electron chi connectivity index (χ3n) is 3.15.